The summed E-state index contributed by atoms with van der Waals surface area (Å²) in [4.78, 5) is -1.09. The molecule has 0 aliphatic rings. The van der Waals surface area contributed by atoms with E-state index in [2.05, 4.69) is 3.63 Å². The van der Waals surface area contributed by atoms with Crippen molar-refractivity contribution in [2.24, 2.45) is 0 Å². The van der Waals surface area contributed by atoms with Crippen LogP contribution in [0, 0.1) is 29.1 Å². The predicted molar refractivity (Wildman–Crippen MR) is 138 cm³/mol. The summed E-state index contributed by atoms with van der Waals surface area (Å²) in [7, 11) is -8.85. The average molecular weight is 584 g/mol. The molecule has 1 N–H and O–H groups in total. The van der Waals surface area contributed by atoms with Crippen LogP contribution in [0.2, 0.25) is 0 Å². The van der Waals surface area contributed by atoms with Crippen LogP contribution in [0.4, 0.5) is 22.0 Å². The topological polar surface area (TPSA) is 56.2 Å². The summed E-state index contributed by atoms with van der Waals surface area (Å²) in [6.07, 6.45) is 1.50. The van der Waals surface area contributed by atoms with Gasteiger partial charge < -0.3 is 4.74 Å². The highest BCUT2D eigenvalue weighted by molar-refractivity contribution is 8.32. The van der Waals surface area contributed by atoms with E-state index in [-0.39, 0.29) is 17.3 Å². The molecule has 4 rings (SSSR count). The molecule has 0 spiro atoms. The van der Waals surface area contributed by atoms with Crippen LogP contribution in [0.15, 0.2) is 105 Å². The third-order valence-electron chi connectivity index (χ3n) is 5.73. The number of hydrogen-bond donors (Lipinski definition) is 0. The first-order chi connectivity index (χ1) is 18.6. The summed E-state index contributed by atoms with van der Waals surface area (Å²) < 4.78 is 109. The Kier molecular flexibility index (Phi) is 8.63. The maximum Gasteiger partial charge on any atom is 0.428 e. The number of hydrogen-bond acceptors (Lipinski definition) is 3. The molecule has 0 fully saturated rings. The fourth-order valence-corrected chi connectivity index (χ4v) is 9.58. The van der Waals surface area contributed by atoms with E-state index in [0.717, 1.165) is 6.42 Å². The Hall–Kier alpha value is -3.41. The van der Waals surface area contributed by atoms with Crippen molar-refractivity contribution in [1.29, 1.82) is 0 Å². The van der Waals surface area contributed by atoms with Crippen LogP contribution in [-0.4, -0.2) is 18.7 Å². The Balaban J connectivity index is 2.07. The molecule has 0 aliphatic carbocycles. The molecule has 0 heterocycles. The zero-order valence-corrected chi connectivity index (χ0v) is 22.2. The summed E-state index contributed by atoms with van der Waals surface area (Å²) in [5.74, 6) is -11.9. The molecule has 206 valence electrons. The van der Waals surface area contributed by atoms with Gasteiger partial charge in [-0.1, -0.05) is 61.9 Å². The van der Waals surface area contributed by atoms with Crippen LogP contribution in [0.3, 0.4) is 0 Å². The minimum atomic E-state index is -5.52. The Bertz CT molecular complexity index is 1500. The summed E-state index contributed by atoms with van der Waals surface area (Å²) >= 11 is 0. The lowest BCUT2D eigenvalue weighted by Crippen LogP contribution is -2.22. The normalized spacial score (nSPS) is 12.4. The molecule has 0 radical (unpaired) electrons. The van der Waals surface area contributed by atoms with Gasteiger partial charge in [-0.15, -0.1) is 8.42 Å². The van der Waals surface area contributed by atoms with E-state index in [1.165, 1.54) is 0 Å². The molecule has 0 unspecified atom stereocenters. The van der Waals surface area contributed by atoms with Gasteiger partial charge in [0.1, 0.15) is 10.6 Å². The molecule has 0 amide bonds. The highest BCUT2D eigenvalue weighted by Crippen LogP contribution is 2.70. The summed E-state index contributed by atoms with van der Waals surface area (Å²) in [5, 5.41) is 0. The van der Waals surface area contributed by atoms with Crippen molar-refractivity contribution < 1.29 is 38.7 Å². The molecule has 4 aromatic rings. The smallest absolute Gasteiger partial charge is 0.428 e. The highest BCUT2D eigenvalue weighted by atomic mass is 32.3. The first-order valence-electron chi connectivity index (χ1n) is 11.8. The van der Waals surface area contributed by atoms with Crippen molar-refractivity contribution >= 4 is 20.4 Å². The number of halogens is 5. The fraction of sp³-hybridized carbons (Fsp3) is 0.143. The Morgan fingerprint density at radius 3 is 1.64 bits per heavy atom. The zero-order valence-electron chi connectivity index (χ0n) is 20.6. The first kappa shape index (κ1) is 28.6. The molecule has 0 aromatic heterocycles. The van der Waals surface area contributed by atoms with Crippen LogP contribution in [0.1, 0.15) is 19.8 Å². The highest BCUT2D eigenvalue weighted by Gasteiger charge is 2.48. The van der Waals surface area contributed by atoms with Gasteiger partial charge in [0.05, 0.1) is 26.7 Å². The predicted octanol–water partition coefficient (Wildman–Crippen LogP) is 8.24. The van der Waals surface area contributed by atoms with Crippen LogP contribution in [-0.2, 0) is 10.1 Å². The van der Waals surface area contributed by atoms with E-state index in [4.69, 9.17) is 4.74 Å². The molecule has 0 saturated heterocycles. The van der Waals surface area contributed by atoms with Gasteiger partial charge in [-0.05, 0) is 42.8 Å². The van der Waals surface area contributed by atoms with E-state index in [0.29, 0.717) is 16.2 Å². The van der Waals surface area contributed by atoms with Crippen molar-refractivity contribution in [3.05, 3.63) is 114 Å². The van der Waals surface area contributed by atoms with Crippen LogP contribution < -0.4 is 4.74 Å². The third-order valence-corrected chi connectivity index (χ3v) is 11.2. The molecule has 11 heteroatoms. The lowest BCUT2D eigenvalue weighted by molar-refractivity contribution is 0.299. The van der Waals surface area contributed by atoms with E-state index in [9.17, 15) is 30.4 Å². The van der Waals surface area contributed by atoms with Gasteiger partial charge in [0.2, 0.25) is 10.7 Å². The van der Waals surface area contributed by atoms with Gasteiger partial charge >= 0.3 is 10.1 Å². The van der Waals surface area contributed by atoms with Crippen molar-refractivity contribution in [3.63, 3.8) is 0 Å². The van der Waals surface area contributed by atoms with Crippen molar-refractivity contribution in [1.82, 2.24) is 0 Å². The largest absolute Gasteiger partial charge is 0.492 e. The van der Waals surface area contributed by atoms with Gasteiger partial charge in [0.15, 0.2) is 23.3 Å². The van der Waals surface area contributed by atoms with Crippen molar-refractivity contribution in [3.8, 4) is 5.75 Å². The molecule has 4 aromatic carbocycles. The summed E-state index contributed by atoms with van der Waals surface area (Å²) in [5.41, 5.74) is 0. The average Bonchev–Trinajstić information content (AvgIpc) is 2.95. The molecule has 0 bridgehead atoms. The fourth-order valence-electron chi connectivity index (χ4n) is 3.89. The first-order valence-corrected chi connectivity index (χ1v) is 14.8. The van der Waals surface area contributed by atoms with Gasteiger partial charge in [-0.3, -0.25) is 3.63 Å². The van der Waals surface area contributed by atoms with Crippen molar-refractivity contribution in [2.45, 2.75) is 39.3 Å². The lowest BCUT2D eigenvalue weighted by atomic mass is 10.3. The lowest BCUT2D eigenvalue weighted by Gasteiger charge is -2.35. The van der Waals surface area contributed by atoms with Gasteiger partial charge in [0, 0.05) is 0 Å². The Labute approximate surface area is 224 Å². The standard InChI is InChI=1S/C28H23F5O4S2/c1-2-3-18-36-21-16-10-11-17-22(21)38(19-12-6-4-7-13-19,20-14-8-5-9-15-20)37-39(34,35)28-26(32)24(30)23(29)25(31)27(28)33/h4-17H,2-3,18H2,1H3/p+1. The second kappa shape index (κ2) is 11.8. The summed E-state index contributed by atoms with van der Waals surface area (Å²) in [6.45, 7) is 2.25. The maximum atomic E-state index is 14.8. The van der Waals surface area contributed by atoms with Gasteiger partial charge in [-0.25, -0.2) is 22.0 Å². The molecule has 0 atom stereocenters. The second-order valence-corrected chi connectivity index (χ2v) is 12.8. The summed E-state index contributed by atoms with van der Waals surface area (Å²) in [6, 6.07) is 22.7. The SMILES string of the molecule is CCCCOc1ccccc1S([OH+]S(=O)(=O)c1c(F)c(F)c(F)c(F)c1F)(c1ccccc1)c1ccccc1. The minimum Gasteiger partial charge on any atom is -0.492 e. The number of unbranched alkanes of at least 4 members (excludes halogenated alkanes) is 1. The molecule has 0 aliphatic heterocycles. The molecule has 0 saturated carbocycles. The second-order valence-electron chi connectivity index (χ2n) is 8.30. The van der Waals surface area contributed by atoms with E-state index in [1.54, 1.807) is 84.9 Å². The third kappa shape index (κ3) is 5.39. The molecular formula is C28H24F5O4S2+. The Morgan fingerprint density at radius 1 is 0.667 bits per heavy atom. The molecule has 4 nitrogen and oxygen atoms in total. The van der Waals surface area contributed by atoms with Gasteiger partial charge in [0.25, 0.3) is 0 Å². The van der Waals surface area contributed by atoms with Crippen LogP contribution in [0.5, 0.6) is 5.75 Å². The van der Waals surface area contributed by atoms with Gasteiger partial charge in [-0.2, -0.15) is 0 Å². The van der Waals surface area contributed by atoms with E-state index >= 15 is 0 Å². The van der Waals surface area contributed by atoms with Crippen molar-refractivity contribution in [2.75, 3.05) is 6.61 Å². The zero-order chi connectivity index (χ0) is 28.2. The van der Waals surface area contributed by atoms with E-state index in [1.807, 2.05) is 6.92 Å². The molecule has 39 heavy (non-hydrogen) atoms. The number of rotatable bonds is 10. The number of benzene rings is 4. The quantitative estimate of drug-likeness (QED) is 0.0472. The Morgan fingerprint density at radius 2 is 1.13 bits per heavy atom. The van der Waals surface area contributed by atoms with Crippen LogP contribution in [0.25, 0.3) is 0 Å². The monoisotopic (exact) mass is 583 g/mol. The van der Waals surface area contributed by atoms with Crippen LogP contribution >= 0.6 is 10.3 Å². The number of ether oxygens (including phenoxy) is 1. The minimum absolute atomic E-state index is 0.269. The number of para-hydroxylation sites is 1. The van der Waals surface area contributed by atoms with E-state index < -0.39 is 54.4 Å². The maximum absolute atomic E-state index is 14.8. The molecular weight excluding hydrogens is 559 g/mol.